The number of anilines is 1. The van der Waals surface area contributed by atoms with Gasteiger partial charge in [-0.1, -0.05) is 6.07 Å². The van der Waals surface area contributed by atoms with Crippen LogP contribution in [0.4, 0.5) is 10.6 Å². The van der Waals surface area contributed by atoms with Crippen LogP contribution in [-0.4, -0.2) is 62.3 Å². The van der Waals surface area contributed by atoms with E-state index in [9.17, 15) is 4.79 Å². The Morgan fingerprint density at radius 2 is 2.16 bits per heavy atom. The molecule has 1 saturated heterocycles. The molecule has 10 nitrogen and oxygen atoms in total. The van der Waals surface area contributed by atoms with Crippen LogP contribution in [0.1, 0.15) is 33.6 Å². The second kappa shape index (κ2) is 8.81. The highest BCUT2D eigenvalue weighted by Crippen LogP contribution is 2.24. The SMILES string of the molecule is COc1cccc(-n2ncc3c(N/N=C/[C@H]4CCCN4C(=O)OC(C)(C)C)ncnc32)c1. The van der Waals surface area contributed by atoms with Gasteiger partial charge in [-0.3, -0.25) is 5.43 Å². The van der Waals surface area contributed by atoms with Gasteiger partial charge in [0.1, 0.15) is 17.7 Å². The topological polar surface area (TPSA) is 107 Å². The minimum absolute atomic E-state index is 0.130. The van der Waals surface area contributed by atoms with Crippen molar-refractivity contribution in [2.45, 2.75) is 45.3 Å². The third-order valence-electron chi connectivity index (χ3n) is 5.01. The number of aromatic nitrogens is 4. The summed E-state index contributed by atoms with van der Waals surface area (Å²) in [4.78, 5) is 22.8. The van der Waals surface area contributed by atoms with Crippen molar-refractivity contribution in [3.8, 4) is 11.4 Å². The lowest BCUT2D eigenvalue weighted by Gasteiger charge is -2.26. The molecule has 0 aliphatic carbocycles. The second-order valence-electron chi connectivity index (χ2n) is 8.49. The van der Waals surface area contributed by atoms with E-state index in [-0.39, 0.29) is 12.1 Å². The van der Waals surface area contributed by atoms with Crippen molar-refractivity contribution in [3.63, 3.8) is 0 Å². The number of rotatable bonds is 5. The summed E-state index contributed by atoms with van der Waals surface area (Å²) in [6.07, 6.45) is 6.28. The van der Waals surface area contributed by atoms with E-state index in [1.165, 1.54) is 6.33 Å². The van der Waals surface area contributed by atoms with Gasteiger partial charge in [0.2, 0.25) is 0 Å². The zero-order valence-electron chi connectivity index (χ0n) is 18.6. The van der Waals surface area contributed by atoms with E-state index in [4.69, 9.17) is 9.47 Å². The maximum Gasteiger partial charge on any atom is 0.410 e. The first-order valence-corrected chi connectivity index (χ1v) is 10.5. The van der Waals surface area contributed by atoms with Crippen LogP contribution in [0.3, 0.4) is 0 Å². The molecule has 168 valence electrons. The molecule has 1 aliphatic rings. The fourth-order valence-electron chi connectivity index (χ4n) is 3.54. The van der Waals surface area contributed by atoms with Crippen LogP contribution in [-0.2, 0) is 4.74 Å². The Balaban J connectivity index is 1.51. The first kappa shape index (κ1) is 21.5. The lowest BCUT2D eigenvalue weighted by atomic mass is 10.2. The summed E-state index contributed by atoms with van der Waals surface area (Å²) in [5, 5.41) is 9.52. The molecule has 32 heavy (non-hydrogen) atoms. The summed E-state index contributed by atoms with van der Waals surface area (Å²) in [6.45, 7) is 6.23. The van der Waals surface area contributed by atoms with Crippen molar-refractivity contribution >= 4 is 29.2 Å². The van der Waals surface area contributed by atoms with Crippen LogP contribution >= 0.6 is 0 Å². The molecule has 1 aliphatic heterocycles. The molecular formula is C22H27N7O3. The summed E-state index contributed by atoms with van der Waals surface area (Å²) >= 11 is 0. The van der Waals surface area contributed by atoms with Crippen LogP contribution in [0.25, 0.3) is 16.7 Å². The second-order valence-corrected chi connectivity index (χ2v) is 8.49. The Morgan fingerprint density at radius 1 is 1.31 bits per heavy atom. The first-order chi connectivity index (χ1) is 15.4. The van der Waals surface area contributed by atoms with Crippen LogP contribution in [0, 0.1) is 0 Å². The van der Waals surface area contributed by atoms with E-state index in [0.717, 1.165) is 29.7 Å². The summed E-state index contributed by atoms with van der Waals surface area (Å²) < 4.78 is 12.5. The average molecular weight is 438 g/mol. The third kappa shape index (κ3) is 4.63. The number of carbonyl (C=O) groups is 1. The molecule has 1 fully saturated rings. The zero-order valence-corrected chi connectivity index (χ0v) is 18.6. The van der Waals surface area contributed by atoms with Gasteiger partial charge in [-0.05, 0) is 45.7 Å². The van der Waals surface area contributed by atoms with Crippen molar-refractivity contribution < 1.29 is 14.3 Å². The monoisotopic (exact) mass is 437 g/mol. The number of ether oxygens (including phenoxy) is 2. The number of amides is 1. The highest BCUT2D eigenvalue weighted by molar-refractivity contribution is 5.87. The molecular weight excluding hydrogens is 410 g/mol. The van der Waals surface area contributed by atoms with E-state index in [0.29, 0.717) is 18.0 Å². The van der Waals surface area contributed by atoms with Gasteiger partial charge in [0.25, 0.3) is 0 Å². The Morgan fingerprint density at radius 3 is 2.94 bits per heavy atom. The van der Waals surface area contributed by atoms with Gasteiger partial charge in [-0.2, -0.15) is 10.2 Å². The van der Waals surface area contributed by atoms with E-state index in [1.807, 2.05) is 45.0 Å². The largest absolute Gasteiger partial charge is 0.497 e. The molecule has 1 amide bonds. The van der Waals surface area contributed by atoms with Gasteiger partial charge in [-0.25, -0.2) is 19.4 Å². The molecule has 3 heterocycles. The lowest BCUT2D eigenvalue weighted by Crippen LogP contribution is -2.40. The van der Waals surface area contributed by atoms with Crippen LogP contribution in [0.2, 0.25) is 0 Å². The summed E-state index contributed by atoms with van der Waals surface area (Å²) in [5.41, 5.74) is 3.90. The van der Waals surface area contributed by atoms with Crippen molar-refractivity contribution in [2.24, 2.45) is 5.10 Å². The molecule has 0 spiro atoms. The van der Waals surface area contributed by atoms with Crippen molar-refractivity contribution in [1.82, 2.24) is 24.6 Å². The van der Waals surface area contributed by atoms with Crippen molar-refractivity contribution in [2.75, 3.05) is 19.1 Å². The standard InChI is InChI=1S/C22H27N7O3/c1-22(2,3)32-21(30)28-10-6-8-16(28)12-25-27-19-18-13-26-29(20(18)24-14-23-19)15-7-5-9-17(11-15)31-4/h5,7,9,11-14,16H,6,8,10H2,1-4H3,(H,23,24,27)/b25-12+/t16-/m1/s1. The number of hydrogen-bond donors (Lipinski definition) is 1. The number of nitrogens with one attached hydrogen (secondary N) is 1. The number of nitrogens with zero attached hydrogens (tertiary/aromatic N) is 6. The van der Waals surface area contributed by atoms with Crippen LogP contribution < -0.4 is 10.2 Å². The molecule has 1 aromatic carbocycles. The van der Waals surface area contributed by atoms with Crippen molar-refractivity contribution in [1.29, 1.82) is 0 Å². The van der Waals surface area contributed by atoms with Gasteiger partial charge < -0.3 is 14.4 Å². The molecule has 3 aromatic rings. The molecule has 0 bridgehead atoms. The summed E-state index contributed by atoms with van der Waals surface area (Å²) in [6, 6.07) is 7.44. The molecule has 2 aromatic heterocycles. The summed E-state index contributed by atoms with van der Waals surface area (Å²) in [5.74, 6) is 1.26. The highest BCUT2D eigenvalue weighted by Gasteiger charge is 2.31. The molecule has 4 rings (SSSR count). The molecule has 1 atom stereocenters. The number of carbonyl (C=O) groups excluding carboxylic acids is 1. The fraction of sp³-hybridized carbons (Fsp3) is 0.409. The van der Waals surface area contributed by atoms with E-state index < -0.39 is 5.60 Å². The van der Waals surface area contributed by atoms with Crippen LogP contribution in [0.15, 0.2) is 41.9 Å². The Labute approximate surface area is 186 Å². The number of fused-ring (bicyclic) bond motifs is 1. The Hall–Kier alpha value is -3.69. The van der Waals surface area contributed by atoms with E-state index in [2.05, 4.69) is 25.6 Å². The molecule has 0 radical (unpaired) electrons. The number of likely N-dealkylation sites (tertiary alicyclic amines) is 1. The average Bonchev–Trinajstić information content (AvgIpc) is 3.40. The first-order valence-electron chi connectivity index (χ1n) is 10.5. The maximum atomic E-state index is 12.4. The Kier molecular flexibility index (Phi) is 5.93. The van der Waals surface area contributed by atoms with E-state index >= 15 is 0 Å². The summed E-state index contributed by atoms with van der Waals surface area (Å²) in [7, 11) is 1.62. The minimum atomic E-state index is -0.533. The normalized spacial score (nSPS) is 16.6. The van der Waals surface area contributed by atoms with Gasteiger partial charge in [0, 0.05) is 18.8 Å². The quantitative estimate of drug-likeness (QED) is 0.480. The molecule has 1 N–H and O–H groups in total. The van der Waals surface area contributed by atoms with Gasteiger partial charge >= 0.3 is 6.09 Å². The third-order valence-corrected chi connectivity index (χ3v) is 5.01. The minimum Gasteiger partial charge on any atom is -0.497 e. The highest BCUT2D eigenvalue weighted by atomic mass is 16.6. The predicted molar refractivity (Wildman–Crippen MR) is 121 cm³/mol. The predicted octanol–water partition coefficient (Wildman–Crippen LogP) is 3.62. The number of hydrogen-bond acceptors (Lipinski definition) is 8. The molecule has 0 unspecified atom stereocenters. The van der Waals surface area contributed by atoms with Crippen molar-refractivity contribution in [3.05, 3.63) is 36.8 Å². The zero-order chi connectivity index (χ0) is 22.7. The smallest absolute Gasteiger partial charge is 0.410 e. The maximum absolute atomic E-state index is 12.4. The van der Waals surface area contributed by atoms with Gasteiger partial charge in [0.15, 0.2) is 11.5 Å². The number of methoxy groups -OCH3 is 1. The lowest BCUT2D eigenvalue weighted by molar-refractivity contribution is 0.0268. The fourth-order valence-corrected chi connectivity index (χ4v) is 3.54. The number of hydrazone groups is 1. The Bertz CT molecular complexity index is 1140. The molecule has 10 heteroatoms. The van der Waals surface area contributed by atoms with Gasteiger partial charge in [0.05, 0.1) is 30.4 Å². The van der Waals surface area contributed by atoms with Crippen LogP contribution in [0.5, 0.6) is 5.75 Å². The van der Waals surface area contributed by atoms with Gasteiger partial charge in [-0.15, -0.1) is 0 Å². The molecule has 0 saturated carbocycles. The number of benzene rings is 1. The van der Waals surface area contributed by atoms with E-state index in [1.54, 1.807) is 29.1 Å².